The molecule has 0 aromatic carbocycles. The van der Waals surface area contributed by atoms with E-state index < -0.39 is 0 Å². The van der Waals surface area contributed by atoms with Gasteiger partial charge in [0.1, 0.15) is 11.6 Å². The molecule has 0 N–H and O–H groups in total. The number of anilines is 3. The molecular weight excluding hydrogens is 480 g/mol. The standard InChI is InChI=1S/C33H44N6/c1-25-21-28(12-13-30-11-8-18-34-30)22-33(36-25)39(26(2)29-9-6-5-7-10-29)24-27-16-19-38(20-17-27)31-14-15-32(35-23-31)37(3)4/h8,12-15,18,21-23,27,29H,2,5-7,9-11,16-17,19-20,24H2,1,3-4H3/b13-12+. The number of piperidine rings is 1. The van der Waals surface area contributed by atoms with E-state index in [2.05, 4.69) is 69.2 Å². The van der Waals surface area contributed by atoms with Crippen LogP contribution in [0.2, 0.25) is 0 Å². The predicted molar refractivity (Wildman–Crippen MR) is 166 cm³/mol. The summed E-state index contributed by atoms with van der Waals surface area (Å²) in [7, 11) is 4.06. The van der Waals surface area contributed by atoms with Crippen LogP contribution in [0.5, 0.6) is 0 Å². The number of rotatable bonds is 9. The molecule has 1 aliphatic carbocycles. The van der Waals surface area contributed by atoms with Gasteiger partial charge in [0.05, 0.1) is 11.9 Å². The van der Waals surface area contributed by atoms with Crippen molar-refractivity contribution in [3.05, 3.63) is 72.3 Å². The van der Waals surface area contributed by atoms with E-state index >= 15 is 0 Å². The van der Waals surface area contributed by atoms with Crippen LogP contribution < -0.4 is 14.7 Å². The molecule has 206 valence electrons. The van der Waals surface area contributed by atoms with Crippen molar-refractivity contribution in [3.8, 4) is 0 Å². The first-order chi connectivity index (χ1) is 19.0. The number of nitrogens with zero attached hydrogens (tertiary/aromatic N) is 6. The summed E-state index contributed by atoms with van der Waals surface area (Å²) < 4.78 is 0. The van der Waals surface area contributed by atoms with Crippen LogP contribution in [0, 0.1) is 18.8 Å². The molecule has 4 heterocycles. The molecule has 0 bridgehead atoms. The van der Waals surface area contributed by atoms with E-state index in [1.54, 1.807) is 0 Å². The molecule has 1 saturated carbocycles. The lowest BCUT2D eigenvalue weighted by Crippen LogP contribution is -2.40. The van der Waals surface area contributed by atoms with Crippen LogP contribution in [-0.4, -0.2) is 49.4 Å². The smallest absolute Gasteiger partial charge is 0.133 e. The predicted octanol–water partition coefficient (Wildman–Crippen LogP) is 7.04. The first kappa shape index (κ1) is 27.2. The minimum Gasteiger partial charge on any atom is -0.370 e. The summed E-state index contributed by atoms with van der Waals surface area (Å²) >= 11 is 0. The summed E-state index contributed by atoms with van der Waals surface area (Å²) in [6, 6.07) is 8.73. The summed E-state index contributed by atoms with van der Waals surface area (Å²) in [5.41, 5.74) is 5.81. The molecule has 2 fully saturated rings. The molecule has 0 unspecified atom stereocenters. The monoisotopic (exact) mass is 524 g/mol. The van der Waals surface area contributed by atoms with Gasteiger partial charge in [0.15, 0.2) is 0 Å². The van der Waals surface area contributed by atoms with Gasteiger partial charge in [-0.3, -0.25) is 4.99 Å². The van der Waals surface area contributed by atoms with Crippen molar-refractivity contribution in [2.24, 2.45) is 16.8 Å². The van der Waals surface area contributed by atoms with E-state index in [-0.39, 0.29) is 0 Å². The van der Waals surface area contributed by atoms with Gasteiger partial charge in [-0.05, 0) is 80.3 Å². The topological polar surface area (TPSA) is 47.9 Å². The highest BCUT2D eigenvalue weighted by Crippen LogP contribution is 2.35. The van der Waals surface area contributed by atoms with Gasteiger partial charge in [-0.25, -0.2) is 9.97 Å². The largest absolute Gasteiger partial charge is 0.370 e. The van der Waals surface area contributed by atoms with Crippen LogP contribution in [0.4, 0.5) is 17.3 Å². The van der Waals surface area contributed by atoms with Crippen LogP contribution in [0.25, 0.3) is 6.08 Å². The maximum atomic E-state index is 5.05. The van der Waals surface area contributed by atoms with Gasteiger partial charge in [-0.1, -0.05) is 38.0 Å². The Labute approximate surface area is 234 Å². The van der Waals surface area contributed by atoms with E-state index in [4.69, 9.17) is 11.6 Å². The summed E-state index contributed by atoms with van der Waals surface area (Å²) in [4.78, 5) is 21.1. The van der Waals surface area contributed by atoms with Crippen molar-refractivity contribution in [2.75, 3.05) is 48.4 Å². The van der Waals surface area contributed by atoms with E-state index in [9.17, 15) is 0 Å². The van der Waals surface area contributed by atoms with E-state index in [1.165, 1.54) is 49.1 Å². The Hall–Kier alpha value is -3.41. The van der Waals surface area contributed by atoms with Crippen LogP contribution in [0.15, 0.2) is 66.1 Å². The summed E-state index contributed by atoms with van der Waals surface area (Å²) in [5, 5.41) is 0. The van der Waals surface area contributed by atoms with E-state index in [0.29, 0.717) is 11.8 Å². The third-order valence-corrected chi connectivity index (χ3v) is 8.41. The first-order valence-electron chi connectivity index (χ1n) is 14.7. The Balaban J connectivity index is 1.31. The van der Waals surface area contributed by atoms with Crippen molar-refractivity contribution in [2.45, 2.75) is 58.3 Å². The molecule has 0 radical (unpaired) electrons. The lowest BCUT2D eigenvalue weighted by molar-refractivity contribution is 0.374. The van der Waals surface area contributed by atoms with E-state index in [1.807, 2.05) is 31.4 Å². The number of hydrogen-bond acceptors (Lipinski definition) is 6. The molecule has 5 rings (SSSR count). The first-order valence-corrected chi connectivity index (χ1v) is 14.7. The van der Waals surface area contributed by atoms with Gasteiger partial charge < -0.3 is 14.7 Å². The van der Waals surface area contributed by atoms with Gasteiger partial charge in [-0.15, -0.1) is 0 Å². The van der Waals surface area contributed by atoms with Crippen LogP contribution in [0.1, 0.15) is 62.6 Å². The Morgan fingerprint density at radius 3 is 2.49 bits per heavy atom. The second-order valence-corrected chi connectivity index (χ2v) is 11.6. The summed E-state index contributed by atoms with van der Waals surface area (Å²) in [5.74, 6) is 3.21. The van der Waals surface area contributed by atoms with Crippen molar-refractivity contribution in [1.82, 2.24) is 9.97 Å². The number of pyridine rings is 2. The van der Waals surface area contributed by atoms with Gasteiger partial charge in [0.2, 0.25) is 0 Å². The summed E-state index contributed by atoms with van der Waals surface area (Å²) in [6.45, 7) is 9.89. The van der Waals surface area contributed by atoms with Crippen LogP contribution in [0.3, 0.4) is 0 Å². The molecule has 6 nitrogen and oxygen atoms in total. The fourth-order valence-electron chi connectivity index (χ4n) is 6.07. The molecule has 2 aromatic heterocycles. The average molecular weight is 525 g/mol. The van der Waals surface area contributed by atoms with Crippen molar-refractivity contribution in [3.63, 3.8) is 0 Å². The summed E-state index contributed by atoms with van der Waals surface area (Å²) in [6.07, 6.45) is 20.0. The molecule has 39 heavy (non-hydrogen) atoms. The highest BCUT2D eigenvalue weighted by atomic mass is 15.2. The zero-order chi connectivity index (χ0) is 27.2. The highest BCUT2D eigenvalue weighted by Gasteiger charge is 2.27. The van der Waals surface area contributed by atoms with Gasteiger partial charge in [0.25, 0.3) is 0 Å². The number of hydrogen-bond donors (Lipinski definition) is 0. The average Bonchev–Trinajstić information content (AvgIpc) is 3.49. The molecule has 2 aromatic rings. The minimum absolute atomic E-state index is 0.556. The molecule has 6 heteroatoms. The SMILES string of the molecule is C=C(C1CCCCC1)N(CC1CCN(c2ccc(N(C)C)nc2)CC1)c1cc(/C=C/C2=NC=CC2)cc(C)n1. The van der Waals surface area contributed by atoms with Gasteiger partial charge in [-0.2, -0.15) is 0 Å². The van der Waals surface area contributed by atoms with Crippen molar-refractivity contribution in [1.29, 1.82) is 0 Å². The Morgan fingerprint density at radius 2 is 1.82 bits per heavy atom. The zero-order valence-electron chi connectivity index (χ0n) is 24.0. The van der Waals surface area contributed by atoms with Gasteiger partial charge in [0, 0.05) is 63.5 Å². The number of aromatic nitrogens is 2. The third kappa shape index (κ3) is 6.97. The number of aliphatic imine (C=N–C) groups is 1. The van der Waals surface area contributed by atoms with E-state index in [0.717, 1.165) is 61.9 Å². The number of aryl methyl sites for hydroxylation is 1. The Bertz CT molecular complexity index is 1210. The fourth-order valence-corrected chi connectivity index (χ4v) is 6.07. The molecule has 0 atom stereocenters. The molecule has 0 spiro atoms. The zero-order valence-corrected chi connectivity index (χ0v) is 24.0. The lowest BCUT2D eigenvalue weighted by atomic mass is 9.86. The normalized spacial score (nSPS) is 18.5. The molecule has 1 saturated heterocycles. The molecule has 3 aliphatic rings. The molecule has 2 aliphatic heterocycles. The minimum atomic E-state index is 0.556. The maximum absolute atomic E-state index is 5.05. The molecular formula is C33H44N6. The second kappa shape index (κ2) is 12.6. The third-order valence-electron chi connectivity index (χ3n) is 8.41. The highest BCUT2D eigenvalue weighted by molar-refractivity contribution is 6.00. The van der Waals surface area contributed by atoms with Crippen LogP contribution >= 0.6 is 0 Å². The lowest BCUT2D eigenvalue weighted by Gasteiger charge is -2.39. The Morgan fingerprint density at radius 1 is 1.03 bits per heavy atom. The fraction of sp³-hybridized carbons (Fsp3) is 0.485. The second-order valence-electron chi connectivity index (χ2n) is 11.6. The van der Waals surface area contributed by atoms with Gasteiger partial charge >= 0.3 is 0 Å². The quantitative estimate of drug-likeness (QED) is 0.352. The van der Waals surface area contributed by atoms with Crippen molar-refractivity contribution >= 4 is 29.1 Å². The van der Waals surface area contributed by atoms with Crippen molar-refractivity contribution < 1.29 is 0 Å². The van der Waals surface area contributed by atoms with Crippen LogP contribution in [-0.2, 0) is 0 Å². The molecule has 0 amide bonds. The maximum Gasteiger partial charge on any atom is 0.133 e. The number of allylic oxidation sites excluding steroid dienone is 3. The Kier molecular flexibility index (Phi) is 8.80.